The predicted octanol–water partition coefficient (Wildman–Crippen LogP) is 7.70. The number of carbonyl (C=O) groups is 2. The van der Waals surface area contributed by atoms with Gasteiger partial charge in [0.1, 0.15) is 12.7 Å². The molecule has 0 spiro atoms. The van der Waals surface area contributed by atoms with Gasteiger partial charge in [0, 0.05) is 12.8 Å². The second kappa shape index (κ2) is 19.1. The first-order valence-corrected chi connectivity index (χ1v) is 12.0. The molecule has 0 fully saturated rings. The van der Waals surface area contributed by atoms with Crippen molar-refractivity contribution in [3.05, 3.63) is 12.2 Å². The molecular weight excluding hydrogens is 451 g/mol. The molecule has 0 radical (unpaired) electrons. The van der Waals surface area contributed by atoms with E-state index in [2.05, 4.69) is 23.8 Å². The van der Waals surface area contributed by atoms with Crippen molar-refractivity contribution in [1.29, 1.82) is 0 Å². The molecule has 0 unspecified atom stereocenters. The zero-order valence-electron chi connectivity index (χ0n) is 18.3. The summed E-state index contributed by atoms with van der Waals surface area (Å²) in [4.78, 5) is 22.9. The van der Waals surface area contributed by atoms with Crippen molar-refractivity contribution in [2.45, 2.75) is 100 Å². The number of esters is 1. The second-order valence-electron chi connectivity index (χ2n) is 7.33. The van der Waals surface area contributed by atoms with Gasteiger partial charge in [0.25, 0.3) is 0 Å². The lowest BCUT2D eigenvalue weighted by Gasteiger charge is -2.17. The van der Waals surface area contributed by atoms with E-state index in [0.717, 1.165) is 64.2 Å². The molecule has 0 amide bonds. The minimum Gasteiger partial charge on any atom is -0.469 e. The Morgan fingerprint density at radius 1 is 0.933 bits per heavy atom. The summed E-state index contributed by atoms with van der Waals surface area (Å²) < 4.78 is 13.3. The first kappa shape index (κ1) is 29.4. The minimum absolute atomic E-state index is 0.138. The Kier molecular flexibility index (Phi) is 18.7. The van der Waals surface area contributed by atoms with Crippen molar-refractivity contribution in [2.75, 3.05) is 13.7 Å². The molecule has 0 aromatic heterocycles. The lowest BCUT2D eigenvalue weighted by Crippen LogP contribution is -2.22. The molecule has 1 atom stereocenters. The molecule has 30 heavy (non-hydrogen) atoms. The number of alkyl halides is 3. The molecule has 0 aromatic rings. The Hall–Kier alpha value is -0.650. The Bertz CT molecular complexity index is 478. The third-order valence-corrected chi connectivity index (χ3v) is 4.87. The topological polar surface area (TPSA) is 61.8 Å². The van der Waals surface area contributed by atoms with Crippen LogP contribution in [-0.2, 0) is 19.0 Å². The molecule has 8 heteroatoms. The van der Waals surface area contributed by atoms with Crippen LogP contribution < -0.4 is 0 Å². The fourth-order valence-corrected chi connectivity index (χ4v) is 3.03. The molecule has 0 aromatic carbocycles. The number of unbranched alkanes of at least 4 members (excludes halogenated alkanes) is 8. The average molecular weight is 488 g/mol. The van der Waals surface area contributed by atoms with Gasteiger partial charge in [0.05, 0.1) is 7.11 Å². The predicted molar refractivity (Wildman–Crippen MR) is 123 cm³/mol. The smallest absolute Gasteiger partial charge is 0.469 e. The van der Waals surface area contributed by atoms with Crippen LogP contribution in [-0.4, -0.2) is 35.7 Å². The van der Waals surface area contributed by atoms with Gasteiger partial charge in [-0.15, -0.1) is 0 Å². The van der Waals surface area contributed by atoms with Crippen LogP contribution in [0.25, 0.3) is 0 Å². The van der Waals surface area contributed by atoms with E-state index in [-0.39, 0.29) is 18.7 Å². The van der Waals surface area contributed by atoms with E-state index in [4.69, 9.17) is 44.3 Å². The number of ether oxygens (including phenoxy) is 3. The highest BCUT2D eigenvalue weighted by molar-refractivity contribution is 6.67. The molecule has 0 aliphatic carbocycles. The fourth-order valence-electron chi connectivity index (χ4n) is 2.86. The first-order chi connectivity index (χ1) is 14.3. The van der Waals surface area contributed by atoms with Gasteiger partial charge in [-0.25, -0.2) is 4.79 Å². The normalized spacial score (nSPS) is 12.7. The van der Waals surface area contributed by atoms with E-state index in [1.807, 2.05) is 0 Å². The van der Waals surface area contributed by atoms with Gasteiger partial charge >= 0.3 is 12.1 Å². The van der Waals surface area contributed by atoms with Crippen molar-refractivity contribution in [3.63, 3.8) is 0 Å². The van der Waals surface area contributed by atoms with E-state index < -0.39 is 9.95 Å². The molecule has 0 bridgehead atoms. The summed E-state index contributed by atoms with van der Waals surface area (Å²) in [5.74, 6) is -0.138. The van der Waals surface area contributed by atoms with Gasteiger partial charge in [0.2, 0.25) is 3.79 Å². The molecule has 0 saturated heterocycles. The van der Waals surface area contributed by atoms with Crippen LogP contribution in [0.5, 0.6) is 0 Å². The largest absolute Gasteiger partial charge is 0.508 e. The van der Waals surface area contributed by atoms with Crippen LogP contribution in [0.1, 0.15) is 90.4 Å². The molecule has 0 aliphatic rings. The third kappa shape index (κ3) is 20.6. The summed E-state index contributed by atoms with van der Waals surface area (Å²) in [6, 6.07) is 0. The number of methoxy groups -OCH3 is 1. The number of halogens is 3. The Balaban J connectivity index is 4.08. The van der Waals surface area contributed by atoms with Gasteiger partial charge in [-0.2, -0.15) is 0 Å². The van der Waals surface area contributed by atoms with Crippen molar-refractivity contribution >= 4 is 46.9 Å². The molecule has 0 saturated carbocycles. The summed E-state index contributed by atoms with van der Waals surface area (Å²) in [5.41, 5.74) is 0. The van der Waals surface area contributed by atoms with Crippen molar-refractivity contribution in [3.8, 4) is 0 Å². The Morgan fingerprint density at radius 3 is 2.27 bits per heavy atom. The quantitative estimate of drug-likeness (QED) is 0.0910. The molecule has 0 heterocycles. The Morgan fingerprint density at radius 2 is 1.60 bits per heavy atom. The standard InChI is InChI=1S/C22H37Cl3O5/c1-3-4-5-12-15-19(30-21(27)29-18-22(23,24)25)16-13-10-8-6-7-9-11-14-17-20(26)28-2/h10,13,19H,3-9,11-12,14-18H2,1-2H3/b13-10+/t19-/m1/s1. The van der Waals surface area contributed by atoms with Crippen LogP contribution >= 0.6 is 34.8 Å². The maximum atomic E-state index is 11.8. The highest BCUT2D eigenvalue weighted by Gasteiger charge is 2.23. The van der Waals surface area contributed by atoms with Crippen molar-refractivity contribution in [2.24, 2.45) is 0 Å². The summed E-state index contributed by atoms with van der Waals surface area (Å²) in [5, 5.41) is 0. The molecule has 176 valence electrons. The SMILES string of the molecule is CCCCCC[C@H](C/C=C/CCCCCCCC(=O)OC)OC(=O)OCC(Cl)(Cl)Cl. The van der Waals surface area contributed by atoms with Gasteiger partial charge in [-0.3, -0.25) is 4.79 Å². The number of hydrogen-bond acceptors (Lipinski definition) is 5. The molecule has 0 rings (SSSR count). The first-order valence-electron chi connectivity index (χ1n) is 10.9. The highest BCUT2D eigenvalue weighted by atomic mass is 35.6. The van der Waals surface area contributed by atoms with Gasteiger partial charge in [-0.1, -0.05) is 92.4 Å². The van der Waals surface area contributed by atoms with Gasteiger partial charge in [-0.05, 0) is 32.1 Å². The lowest BCUT2D eigenvalue weighted by atomic mass is 10.1. The van der Waals surface area contributed by atoms with E-state index >= 15 is 0 Å². The molecule has 0 N–H and O–H groups in total. The number of hydrogen-bond donors (Lipinski definition) is 0. The van der Waals surface area contributed by atoms with E-state index in [1.54, 1.807) is 0 Å². The van der Waals surface area contributed by atoms with Crippen LogP contribution in [0, 0.1) is 0 Å². The monoisotopic (exact) mass is 486 g/mol. The average Bonchev–Trinajstić information content (AvgIpc) is 2.69. The number of rotatable bonds is 17. The van der Waals surface area contributed by atoms with Gasteiger partial charge < -0.3 is 14.2 Å². The van der Waals surface area contributed by atoms with E-state index in [0.29, 0.717) is 12.8 Å². The van der Waals surface area contributed by atoms with Gasteiger partial charge in [0.15, 0.2) is 0 Å². The molecule has 5 nitrogen and oxygen atoms in total. The second-order valence-corrected chi connectivity index (χ2v) is 9.85. The number of carbonyl (C=O) groups excluding carboxylic acids is 2. The summed E-state index contributed by atoms with van der Waals surface area (Å²) >= 11 is 16.8. The summed E-state index contributed by atoms with van der Waals surface area (Å²) in [6.45, 7) is 1.82. The van der Waals surface area contributed by atoms with Crippen molar-refractivity contribution in [1.82, 2.24) is 0 Å². The maximum Gasteiger partial charge on any atom is 0.508 e. The summed E-state index contributed by atoms with van der Waals surface area (Å²) in [6.07, 6.45) is 15.8. The maximum absolute atomic E-state index is 11.8. The Labute approximate surface area is 196 Å². The highest BCUT2D eigenvalue weighted by Crippen LogP contribution is 2.26. The molecular formula is C22H37Cl3O5. The van der Waals surface area contributed by atoms with E-state index in [1.165, 1.54) is 13.5 Å². The van der Waals surface area contributed by atoms with Crippen LogP contribution in [0.3, 0.4) is 0 Å². The number of allylic oxidation sites excluding steroid dienone is 1. The zero-order valence-corrected chi connectivity index (χ0v) is 20.6. The van der Waals surface area contributed by atoms with Crippen LogP contribution in [0.15, 0.2) is 12.2 Å². The molecule has 0 aliphatic heterocycles. The lowest BCUT2D eigenvalue weighted by molar-refractivity contribution is -0.140. The minimum atomic E-state index is -1.64. The van der Waals surface area contributed by atoms with Crippen LogP contribution in [0.4, 0.5) is 4.79 Å². The summed E-state index contributed by atoms with van der Waals surface area (Å²) in [7, 11) is 1.42. The zero-order chi connectivity index (χ0) is 22.7. The third-order valence-electron chi connectivity index (χ3n) is 4.54. The van der Waals surface area contributed by atoms with E-state index in [9.17, 15) is 9.59 Å². The van der Waals surface area contributed by atoms with Crippen molar-refractivity contribution < 1.29 is 23.8 Å². The fraction of sp³-hybridized carbons (Fsp3) is 0.818. The van der Waals surface area contributed by atoms with Crippen LogP contribution in [0.2, 0.25) is 0 Å².